The fourth-order valence-corrected chi connectivity index (χ4v) is 3.86. The third-order valence-corrected chi connectivity index (χ3v) is 4.64. The van der Waals surface area contributed by atoms with Gasteiger partial charge in [0.15, 0.2) is 5.13 Å². The predicted molar refractivity (Wildman–Crippen MR) is 84.1 cm³/mol. The number of nitrogens with two attached hydrogens (primary N) is 1. The molecule has 2 aromatic heterocycles. The van der Waals surface area contributed by atoms with Gasteiger partial charge in [0.2, 0.25) is 0 Å². The summed E-state index contributed by atoms with van der Waals surface area (Å²) >= 11 is 3.21. The second-order valence-electron chi connectivity index (χ2n) is 4.26. The first-order valence-electron chi connectivity index (χ1n) is 5.71. The minimum absolute atomic E-state index is 0.360. The molecular formula is C14H16N2S2. The van der Waals surface area contributed by atoms with Crippen molar-refractivity contribution in [2.45, 2.75) is 19.8 Å². The minimum atomic E-state index is 0.360. The minimum Gasteiger partial charge on any atom is -0.375 e. The molecule has 0 radical (unpaired) electrons. The molecule has 2 heterocycles. The summed E-state index contributed by atoms with van der Waals surface area (Å²) < 4.78 is 0. The molecule has 0 amide bonds. The normalized spacial score (nSPS) is 10.8. The lowest BCUT2D eigenvalue weighted by atomic mass is 10.0. The molecule has 0 unspecified atom stereocenters. The lowest BCUT2D eigenvalue weighted by Gasteiger charge is -2.05. The van der Waals surface area contributed by atoms with Crippen LogP contribution in [0.2, 0.25) is 0 Å². The van der Waals surface area contributed by atoms with E-state index in [0.717, 1.165) is 21.0 Å². The van der Waals surface area contributed by atoms with Crippen LogP contribution in [0, 0.1) is 0 Å². The zero-order valence-electron chi connectivity index (χ0n) is 10.6. The molecule has 0 bridgehead atoms. The van der Waals surface area contributed by atoms with E-state index in [1.807, 2.05) is 12.2 Å². The average molecular weight is 276 g/mol. The van der Waals surface area contributed by atoms with E-state index in [1.165, 1.54) is 5.56 Å². The highest BCUT2D eigenvalue weighted by Crippen LogP contribution is 2.41. The van der Waals surface area contributed by atoms with Gasteiger partial charge in [0.25, 0.3) is 0 Å². The fraction of sp³-hybridized carbons (Fsp3) is 0.214. The Morgan fingerprint density at radius 1 is 1.33 bits per heavy atom. The maximum absolute atomic E-state index is 5.85. The quantitative estimate of drug-likeness (QED) is 0.865. The molecule has 0 fully saturated rings. The van der Waals surface area contributed by atoms with Crippen molar-refractivity contribution in [2.24, 2.45) is 0 Å². The average Bonchev–Trinajstić information content (AvgIpc) is 2.90. The second kappa shape index (κ2) is 5.08. The van der Waals surface area contributed by atoms with Crippen LogP contribution in [0.25, 0.3) is 22.6 Å². The van der Waals surface area contributed by atoms with Gasteiger partial charge in [0, 0.05) is 21.4 Å². The Kier molecular flexibility index (Phi) is 3.68. The summed E-state index contributed by atoms with van der Waals surface area (Å²) in [6, 6.07) is 0. The van der Waals surface area contributed by atoms with Crippen molar-refractivity contribution in [2.75, 3.05) is 5.73 Å². The molecule has 94 valence electrons. The predicted octanol–water partition coefficient (Wildman–Crippen LogP) is 4.86. The molecule has 2 N–H and O–H groups in total. The van der Waals surface area contributed by atoms with Gasteiger partial charge < -0.3 is 5.73 Å². The highest BCUT2D eigenvalue weighted by Gasteiger charge is 2.18. The maximum Gasteiger partial charge on any atom is 0.180 e. The van der Waals surface area contributed by atoms with Crippen LogP contribution in [-0.4, -0.2) is 4.98 Å². The first-order chi connectivity index (χ1) is 8.58. The molecular weight excluding hydrogens is 260 g/mol. The Labute approximate surface area is 116 Å². The van der Waals surface area contributed by atoms with E-state index in [0.29, 0.717) is 11.0 Å². The van der Waals surface area contributed by atoms with Gasteiger partial charge in [-0.05, 0) is 5.92 Å². The molecule has 0 saturated heterocycles. The number of thiophene rings is 1. The van der Waals surface area contributed by atoms with E-state index >= 15 is 0 Å². The Morgan fingerprint density at radius 2 is 2.06 bits per heavy atom. The van der Waals surface area contributed by atoms with Crippen molar-refractivity contribution in [1.29, 1.82) is 0 Å². The summed E-state index contributed by atoms with van der Waals surface area (Å²) in [5, 5.41) is 2.75. The zero-order chi connectivity index (χ0) is 13.3. The van der Waals surface area contributed by atoms with Crippen molar-refractivity contribution < 1.29 is 0 Å². The number of nitrogens with zero attached hydrogens (tertiary/aromatic N) is 1. The zero-order valence-corrected chi connectivity index (χ0v) is 12.2. The standard InChI is InChI=1S/C14H16N2S2/c1-5-9-10(7-17-11(9)6-2)13-12(8(3)4)16-14(15)18-13/h5-8H,1-2H2,3-4H3,(H2,15,16). The lowest BCUT2D eigenvalue weighted by molar-refractivity contribution is 0.837. The number of aromatic nitrogens is 1. The third-order valence-electron chi connectivity index (χ3n) is 2.71. The molecule has 0 aromatic carbocycles. The molecule has 0 aliphatic rings. The molecule has 2 aromatic rings. The summed E-state index contributed by atoms with van der Waals surface area (Å²) in [5.41, 5.74) is 9.21. The smallest absolute Gasteiger partial charge is 0.180 e. The van der Waals surface area contributed by atoms with Crippen LogP contribution in [0.4, 0.5) is 5.13 Å². The summed E-state index contributed by atoms with van der Waals surface area (Å²) in [6.07, 6.45) is 3.74. The molecule has 0 aliphatic heterocycles. The summed E-state index contributed by atoms with van der Waals surface area (Å²) in [6.45, 7) is 12.0. The van der Waals surface area contributed by atoms with E-state index < -0.39 is 0 Å². The molecule has 2 nitrogen and oxygen atoms in total. The van der Waals surface area contributed by atoms with Crippen LogP contribution < -0.4 is 5.73 Å². The Hall–Kier alpha value is -1.39. The van der Waals surface area contributed by atoms with Gasteiger partial charge in [-0.1, -0.05) is 50.5 Å². The molecule has 18 heavy (non-hydrogen) atoms. The van der Waals surface area contributed by atoms with Gasteiger partial charge in [0.1, 0.15) is 0 Å². The van der Waals surface area contributed by atoms with Crippen molar-refractivity contribution in [1.82, 2.24) is 4.98 Å². The van der Waals surface area contributed by atoms with Crippen molar-refractivity contribution in [3.05, 3.63) is 34.7 Å². The van der Waals surface area contributed by atoms with Crippen molar-refractivity contribution in [3.63, 3.8) is 0 Å². The largest absolute Gasteiger partial charge is 0.375 e. The highest BCUT2D eigenvalue weighted by molar-refractivity contribution is 7.19. The number of hydrogen-bond acceptors (Lipinski definition) is 4. The SMILES string of the molecule is C=Cc1scc(-c2sc(N)nc2C(C)C)c1C=C. The van der Waals surface area contributed by atoms with Gasteiger partial charge in [-0.15, -0.1) is 11.3 Å². The van der Waals surface area contributed by atoms with E-state index in [-0.39, 0.29) is 0 Å². The van der Waals surface area contributed by atoms with E-state index in [1.54, 1.807) is 22.7 Å². The molecule has 2 rings (SSSR count). The maximum atomic E-state index is 5.85. The van der Waals surface area contributed by atoms with Crippen molar-refractivity contribution in [3.8, 4) is 10.4 Å². The molecule has 0 aliphatic carbocycles. The van der Waals surface area contributed by atoms with Gasteiger partial charge >= 0.3 is 0 Å². The van der Waals surface area contributed by atoms with Crippen LogP contribution >= 0.6 is 22.7 Å². The highest BCUT2D eigenvalue weighted by atomic mass is 32.1. The summed E-state index contributed by atoms with van der Waals surface area (Å²) in [4.78, 5) is 6.73. The van der Waals surface area contributed by atoms with Gasteiger partial charge in [0.05, 0.1) is 10.6 Å². The molecule has 0 saturated carbocycles. The third kappa shape index (κ3) is 2.13. The number of rotatable bonds is 4. The second-order valence-corrected chi connectivity index (χ2v) is 6.20. The molecule has 0 spiro atoms. The molecule has 0 atom stereocenters. The fourth-order valence-electron chi connectivity index (χ4n) is 1.86. The van der Waals surface area contributed by atoms with Gasteiger partial charge in [-0.2, -0.15) is 0 Å². The van der Waals surface area contributed by atoms with E-state index in [9.17, 15) is 0 Å². The number of hydrogen-bond donors (Lipinski definition) is 1. The van der Waals surface area contributed by atoms with Crippen LogP contribution in [0.3, 0.4) is 0 Å². The number of nitrogen functional groups attached to an aromatic ring is 1. The molecule has 4 heteroatoms. The van der Waals surface area contributed by atoms with Crippen LogP contribution in [0.15, 0.2) is 18.5 Å². The Morgan fingerprint density at radius 3 is 2.61 bits per heavy atom. The number of thiazole rings is 1. The number of anilines is 1. The van der Waals surface area contributed by atoms with Crippen molar-refractivity contribution >= 4 is 40.0 Å². The van der Waals surface area contributed by atoms with Crippen LogP contribution in [0.5, 0.6) is 0 Å². The van der Waals surface area contributed by atoms with Crippen LogP contribution in [0.1, 0.15) is 35.9 Å². The topological polar surface area (TPSA) is 38.9 Å². The monoisotopic (exact) mass is 276 g/mol. The van der Waals surface area contributed by atoms with Gasteiger partial charge in [-0.25, -0.2) is 4.98 Å². The van der Waals surface area contributed by atoms with Gasteiger partial charge in [-0.3, -0.25) is 0 Å². The lowest BCUT2D eigenvalue weighted by Crippen LogP contribution is -1.91. The Balaban J connectivity index is 2.65. The van der Waals surface area contributed by atoms with Crippen LogP contribution in [-0.2, 0) is 0 Å². The van der Waals surface area contributed by atoms with E-state index in [4.69, 9.17) is 5.73 Å². The van der Waals surface area contributed by atoms with E-state index in [2.05, 4.69) is 37.4 Å². The summed E-state index contributed by atoms with van der Waals surface area (Å²) in [7, 11) is 0. The first-order valence-corrected chi connectivity index (χ1v) is 7.41. The summed E-state index contributed by atoms with van der Waals surface area (Å²) in [5.74, 6) is 0.360. The Bertz CT molecular complexity index is 591. The first kappa shape index (κ1) is 13.1.